The van der Waals surface area contributed by atoms with E-state index in [1.54, 1.807) is 14.2 Å². The fourth-order valence-corrected chi connectivity index (χ4v) is 5.64. The van der Waals surface area contributed by atoms with E-state index in [0.717, 1.165) is 104 Å². The Morgan fingerprint density at radius 2 is 1.88 bits per heavy atom. The van der Waals surface area contributed by atoms with Crippen molar-refractivity contribution < 1.29 is 14.2 Å². The van der Waals surface area contributed by atoms with Gasteiger partial charge in [-0.05, 0) is 50.4 Å². The van der Waals surface area contributed by atoms with Gasteiger partial charge in [0.2, 0.25) is 0 Å². The summed E-state index contributed by atoms with van der Waals surface area (Å²) in [6.45, 7) is 4.36. The van der Waals surface area contributed by atoms with Crippen molar-refractivity contribution in [3.63, 3.8) is 0 Å². The van der Waals surface area contributed by atoms with E-state index >= 15 is 0 Å². The maximum atomic E-state index is 5.90. The summed E-state index contributed by atoms with van der Waals surface area (Å²) in [5, 5.41) is 4.56. The molecular formula is C32H36N6O3. The maximum absolute atomic E-state index is 5.90. The van der Waals surface area contributed by atoms with E-state index in [9.17, 15) is 0 Å². The zero-order valence-electron chi connectivity index (χ0n) is 23.7. The van der Waals surface area contributed by atoms with Crippen molar-refractivity contribution >= 4 is 22.4 Å². The number of aromatic nitrogens is 4. The van der Waals surface area contributed by atoms with E-state index in [1.165, 1.54) is 0 Å². The molecule has 2 unspecified atom stereocenters. The van der Waals surface area contributed by atoms with Gasteiger partial charge in [0.05, 0.1) is 43.3 Å². The van der Waals surface area contributed by atoms with Gasteiger partial charge in [0.25, 0.3) is 0 Å². The summed E-state index contributed by atoms with van der Waals surface area (Å²) in [6, 6.07) is 12.2. The molecule has 4 heterocycles. The highest BCUT2D eigenvalue weighted by Gasteiger charge is 2.22. The van der Waals surface area contributed by atoms with Crippen molar-refractivity contribution in [2.75, 3.05) is 51.9 Å². The monoisotopic (exact) mass is 552 g/mol. The summed E-state index contributed by atoms with van der Waals surface area (Å²) in [6.07, 6.45) is 15.6. The van der Waals surface area contributed by atoms with Crippen LogP contribution in [0.2, 0.25) is 0 Å². The molecule has 9 nitrogen and oxygen atoms in total. The molecule has 2 atom stereocenters. The molecule has 2 aliphatic rings. The number of anilines is 2. The summed E-state index contributed by atoms with van der Waals surface area (Å²) >= 11 is 0. The number of ether oxygens (including phenoxy) is 3. The fourth-order valence-electron chi connectivity index (χ4n) is 5.64. The summed E-state index contributed by atoms with van der Waals surface area (Å²) in [5.74, 6) is 4.71. The van der Waals surface area contributed by atoms with Gasteiger partial charge in [0.15, 0.2) is 0 Å². The van der Waals surface area contributed by atoms with Crippen molar-refractivity contribution in [1.29, 1.82) is 0 Å². The number of rotatable bonds is 9. The molecule has 0 saturated carbocycles. The Balaban J connectivity index is 1.32. The number of hydrogen-bond donors (Lipinski definition) is 0. The molecule has 2 aromatic carbocycles. The topological polar surface area (TPSA) is 77.8 Å². The third-order valence-electron chi connectivity index (χ3n) is 7.98. The smallest absolute Gasteiger partial charge is 0.150 e. The third-order valence-corrected chi connectivity index (χ3v) is 7.98. The van der Waals surface area contributed by atoms with Gasteiger partial charge >= 0.3 is 0 Å². The van der Waals surface area contributed by atoms with Crippen molar-refractivity contribution in [3.05, 3.63) is 55.0 Å². The minimum Gasteiger partial charge on any atom is -0.497 e. The lowest BCUT2D eigenvalue weighted by atomic mass is 10.1. The lowest BCUT2D eigenvalue weighted by Crippen LogP contribution is -2.31. The molecule has 41 heavy (non-hydrogen) atoms. The molecule has 0 spiro atoms. The number of hydrogen-bond acceptors (Lipinski definition) is 8. The van der Waals surface area contributed by atoms with Gasteiger partial charge < -0.3 is 24.0 Å². The molecule has 0 aliphatic carbocycles. The van der Waals surface area contributed by atoms with Crippen LogP contribution in [0.5, 0.6) is 11.5 Å². The molecule has 0 bridgehead atoms. The van der Waals surface area contributed by atoms with Crippen LogP contribution in [0, 0.1) is 18.3 Å². The highest BCUT2D eigenvalue weighted by molar-refractivity contribution is 5.82. The van der Waals surface area contributed by atoms with Crippen LogP contribution in [0.3, 0.4) is 0 Å². The number of methoxy groups -OCH3 is 2. The molecule has 2 saturated heterocycles. The highest BCUT2D eigenvalue weighted by Crippen LogP contribution is 2.34. The molecule has 2 fully saturated rings. The normalized spacial score (nSPS) is 19.2. The predicted molar refractivity (Wildman–Crippen MR) is 160 cm³/mol. The van der Waals surface area contributed by atoms with E-state index in [0.29, 0.717) is 5.92 Å². The molecular weight excluding hydrogens is 516 g/mol. The zero-order chi connectivity index (χ0) is 28.2. The van der Waals surface area contributed by atoms with Gasteiger partial charge in [-0.25, -0.2) is 9.67 Å². The van der Waals surface area contributed by atoms with E-state index in [4.69, 9.17) is 30.6 Å². The second kappa shape index (κ2) is 12.2. The number of terminal acetylenes is 1. The van der Waals surface area contributed by atoms with Crippen LogP contribution in [0.25, 0.3) is 22.3 Å². The third kappa shape index (κ3) is 5.99. The van der Waals surface area contributed by atoms with Gasteiger partial charge in [-0.15, -0.1) is 12.3 Å². The maximum Gasteiger partial charge on any atom is 0.150 e. The number of likely N-dealkylation sites (tertiary alicyclic amines) is 1. The van der Waals surface area contributed by atoms with Gasteiger partial charge in [-0.2, -0.15) is 5.10 Å². The molecule has 6 rings (SSSR count). The zero-order valence-corrected chi connectivity index (χ0v) is 23.7. The second-order valence-corrected chi connectivity index (χ2v) is 10.6. The standard InChI is InChI=1S/C32H36N6O3/c1-4-23-10-11-36(21-23)12-13-37(26-15-27(39-2)18-28(16-26)40-3)25-8-9-29-30(17-25)35-31(20-33-29)24-19-34-38(22-24)32-7-5-6-14-41-32/h1,8-9,15-20,22-23,32H,5-7,10-14,21H2,2-3H3. The number of fused-ring (bicyclic) bond motifs is 1. The average molecular weight is 553 g/mol. The Bertz CT molecular complexity index is 1520. The molecule has 2 aromatic heterocycles. The molecule has 0 amide bonds. The Kier molecular flexibility index (Phi) is 8.03. The minimum atomic E-state index is -0.0162. The first-order valence-corrected chi connectivity index (χ1v) is 14.3. The first-order valence-electron chi connectivity index (χ1n) is 14.3. The van der Waals surface area contributed by atoms with Crippen molar-refractivity contribution in [1.82, 2.24) is 24.6 Å². The van der Waals surface area contributed by atoms with Gasteiger partial charge in [-0.3, -0.25) is 4.98 Å². The fraction of sp³-hybridized carbons (Fsp3) is 0.406. The Hall–Kier alpha value is -4.13. The van der Waals surface area contributed by atoms with Crippen LogP contribution >= 0.6 is 0 Å². The van der Waals surface area contributed by atoms with Crippen LogP contribution in [0.15, 0.2) is 55.0 Å². The van der Waals surface area contributed by atoms with Crippen LogP contribution < -0.4 is 14.4 Å². The summed E-state index contributed by atoms with van der Waals surface area (Å²) < 4.78 is 19.0. The second-order valence-electron chi connectivity index (χ2n) is 10.6. The molecule has 212 valence electrons. The first kappa shape index (κ1) is 27.1. The Morgan fingerprint density at radius 1 is 1.02 bits per heavy atom. The summed E-state index contributed by atoms with van der Waals surface area (Å²) in [4.78, 5) is 14.4. The van der Waals surface area contributed by atoms with Crippen LogP contribution in [-0.4, -0.2) is 71.7 Å². The van der Waals surface area contributed by atoms with Crippen molar-refractivity contribution in [2.45, 2.75) is 31.9 Å². The molecule has 0 radical (unpaired) electrons. The summed E-state index contributed by atoms with van der Waals surface area (Å²) in [5.41, 5.74) is 5.34. The summed E-state index contributed by atoms with van der Waals surface area (Å²) in [7, 11) is 3.34. The van der Waals surface area contributed by atoms with Crippen molar-refractivity contribution in [3.8, 4) is 35.1 Å². The Labute approximate surface area is 241 Å². The van der Waals surface area contributed by atoms with E-state index in [-0.39, 0.29) is 6.23 Å². The van der Waals surface area contributed by atoms with Gasteiger partial charge in [0.1, 0.15) is 17.7 Å². The van der Waals surface area contributed by atoms with E-state index in [1.807, 2.05) is 47.5 Å². The molecule has 2 aliphatic heterocycles. The van der Waals surface area contributed by atoms with Crippen LogP contribution in [0.4, 0.5) is 11.4 Å². The molecule has 4 aromatic rings. The quantitative estimate of drug-likeness (QED) is 0.259. The predicted octanol–water partition coefficient (Wildman–Crippen LogP) is 5.30. The SMILES string of the molecule is C#CC1CCN(CCN(c2cc(OC)cc(OC)c2)c2ccc3ncc(-c4cnn(C5CCCCO5)c4)nc3c2)C1. The number of nitrogens with zero attached hydrogens (tertiary/aromatic N) is 6. The highest BCUT2D eigenvalue weighted by atomic mass is 16.5. The minimum absolute atomic E-state index is 0.0162. The van der Waals surface area contributed by atoms with Gasteiger partial charge in [-0.1, -0.05) is 0 Å². The first-order chi connectivity index (χ1) is 20.1. The van der Waals surface area contributed by atoms with Crippen LogP contribution in [0.1, 0.15) is 31.9 Å². The lowest BCUT2D eigenvalue weighted by molar-refractivity contribution is -0.0394. The van der Waals surface area contributed by atoms with E-state index < -0.39 is 0 Å². The average Bonchev–Trinajstić information content (AvgIpc) is 3.71. The Morgan fingerprint density at radius 3 is 2.61 bits per heavy atom. The van der Waals surface area contributed by atoms with Crippen LogP contribution in [-0.2, 0) is 4.74 Å². The molecule has 9 heteroatoms. The largest absolute Gasteiger partial charge is 0.497 e. The number of benzene rings is 2. The van der Waals surface area contributed by atoms with Crippen molar-refractivity contribution in [2.24, 2.45) is 5.92 Å². The van der Waals surface area contributed by atoms with E-state index in [2.05, 4.69) is 33.0 Å². The lowest BCUT2D eigenvalue weighted by Gasteiger charge is -2.28. The molecule has 0 N–H and O–H groups in total. The van der Waals surface area contributed by atoms with Gasteiger partial charge in [0, 0.05) is 73.5 Å².